The molecule has 2 aliphatic rings. The molecule has 30 heavy (non-hydrogen) atoms. The van der Waals surface area contributed by atoms with Gasteiger partial charge in [0.05, 0.1) is 17.2 Å². The molecule has 3 heterocycles. The first-order chi connectivity index (χ1) is 14.2. The Hall–Kier alpha value is -2.30. The van der Waals surface area contributed by atoms with Gasteiger partial charge in [-0.25, -0.2) is 21.9 Å². The van der Waals surface area contributed by atoms with Crippen molar-refractivity contribution < 1.29 is 21.9 Å². The third-order valence-electron chi connectivity index (χ3n) is 5.49. The monoisotopic (exact) mass is 441 g/mol. The van der Waals surface area contributed by atoms with Crippen LogP contribution in [0, 0.1) is 6.92 Å². The summed E-state index contributed by atoms with van der Waals surface area (Å²) in [4.78, 5) is 8.88. The van der Waals surface area contributed by atoms with Crippen molar-refractivity contribution in [3.63, 3.8) is 0 Å². The van der Waals surface area contributed by atoms with Crippen LogP contribution in [0.3, 0.4) is 0 Å². The van der Waals surface area contributed by atoms with Crippen LogP contribution in [-0.4, -0.2) is 57.7 Å². The first kappa shape index (κ1) is 21.0. The normalized spacial score (nSPS) is 22.0. The Bertz CT molecular complexity index is 987. The van der Waals surface area contributed by atoms with Crippen LogP contribution >= 0.6 is 0 Å². The molecule has 2 fully saturated rings. The lowest BCUT2D eigenvalue weighted by atomic mass is 9.92. The van der Waals surface area contributed by atoms with Crippen LogP contribution < -0.4 is 10.1 Å². The van der Waals surface area contributed by atoms with E-state index in [1.54, 1.807) is 16.9 Å². The van der Waals surface area contributed by atoms with E-state index in [1.165, 1.54) is 0 Å². The molecule has 0 bridgehead atoms. The van der Waals surface area contributed by atoms with E-state index in [4.69, 9.17) is 4.74 Å². The quantitative estimate of drug-likeness (QED) is 0.762. The fraction of sp³-hybridized carbons (Fsp3) is 0.632. The van der Waals surface area contributed by atoms with E-state index in [-0.39, 0.29) is 42.4 Å². The van der Waals surface area contributed by atoms with E-state index in [1.807, 2.05) is 13.0 Å². The van der Waals surface area contributed by atoms with Crippen LogP contribution in [0.5, 0.6) is 5.88 Å². The van der Waals surface area contributed by atoms with E-state index < -0.39 is 15.8 Å². The Morgan fingerprint density at radius 3 is 2.50 bits per heavy atom. The van der Waals surface area contributed by atoms with Crippen LogP contribution in [0.25, 0.3) is 5.82 Å². The predicted molar refractivity (Wildman–Crippen MR) is 107 cm³/mol. The van der Waals surface area contributed by atoms with Gasteiger partial charge >= 0.3 is 0 Å². The van der Waals surface area contributed by atoms with E-state index in [2.05, 4.69) is 20.4 Å². The zero-order chi connectivity index (χ0) is 21.4. The lowest BCUT2D eigenvalue weighted by molar-refractivity contribution is -0.0361. The summed E-state index contributed by atoms with van der Waals surface area (Å²) >= 11 is 0. The number of sulfone groups is 1. The molecule has 0 aromatic carbocycles. The Morgan fingerprint density at radius 1 is 1.17 bits per heavy atom. The first-order valence-corrected chi connectivity index (χ1v) is 11.9. The van der Waals surface area contributed by atoms with Crippen LogP contribution in [0.1, 0.15) is 44.2 Å². The number of nitrogens with one attached hydrogen (secondary N) is 1. The molecule has 1 aliphatic carbocycles. The van der Waals surface area contributed by atoms with Gasteiger partial charge < -0.3 is 10.1 Å². The van der Waals surface area contributed by atoms with Crippen molar-refractivity contribution in [1.82, 2.24) is 19.7 Å². The van der Waals surface area contributed by atoms with Gasteiger partial charge in [-0.1, -0.05) is 0 Å². The Labute approximate surface area is 174 Å². The van der Waals surface area contributed by atoms with Crippen molar-refractivity contribution >= 4 is 15.8 Å². The van der Waals surface area contributed by atoms with Crippen molar-refractivity contribution in [2.45, 2.75) is 63.5 Å². The highest BCUT2D eigenvalue weighted by Gasteiger charge is 2.35. The molecule has 1 saturated carbocycles. The fourth-order valence-electron chi connectivity index (χ4n) is 3.72. The Morgan fingerprint density at radius 2 is 1.87 bits per heavy atom. The summed E-state index contributed by atoms with van der Waals surface area (Å²) in [5.74, 6) is -1.34. The maximum absolute atomic E-state index is 13.5. The molecule has 1 N–H and O–H groups in total. The molecular formula is C19H25F2N5O3S. The molecule has 11 heteroatoms. The molecule has 0 unspecified atom stereocenters. The SMILES string of the molecule is Cc1ccn(-c2cc(OC3CCS(=O)(=O)CC3)nc(NC3CCC(F)(F)CC3)n2)n1. The van der Waals surface area contributed by atoms with Gasteiger partial charge in [-0.15, -0.1) is 0 Å². The minimum atomic E-state index is -2.99. The summed E-state index contributed by atoms with van der Waals surface area (Å²) < 4.78 is 57.8. The standard InChI is InChI=1S/C19H25F2N5O3S/c1-13-4-9-26(25-13)16-12-17(29-15-5-10-30(27,28)11-6-15)24-18(23-16)22-14-2-7-19(20,21)8-3-14/h4,9,12,14-15H,2-3,5-8,10-11H2,1H3,(H,22,23,24). The van der Waals surface area contributed by atoms with Gasteiger partial charge in [0.2, 0.25) is 17.8 Å². The van der Waals surface area contributed by atoms with Gasteiger partial charge in [-0.3, -0.25) is 0 Å². The van der Waals surface area contributed by atoms with Gasteiger partial charge in [0, 0.05) is 31.1 Å². The van der Waals surface area contributed by atoms with Gasteiger partial charge in [0.25, 0.3) is 0 Å². The average molecular weight is 442 g/mol. The highest BCUT2D eigenvalue weighted by molar-refractivity contribution is 7.91. The first-order valence-electron chi connectivity index (χ1n) is 10.1. The summed E-state index contributed by atoms with van der Waals surface area (Å²) in [5.41, 5.74) is 0.817. The molecule has 2 aromatic rings. The molecule has 1 aliphatic heterocycles. The molecule has 0 atom stereocenters. The minimum Gasteiger partial charge on any atom is -0.474 e. The molecule has 1 saturated heterocycles. The number of ether oxygens (including phenoxy) is 1. The fourth-order valence-corrected chi connectivity index (χ4v) is 5.17. The van der Waals surface area contributed by atoms with Gasteiger partial charge in [0.1, 0.15) is 6.10 Å². The van der Waals surface area contributed by atoms with E-state index in [9.17, 15) is 17.2 Å². The second-order valence-electron chi connectivity index (χ2n) is 8.03. The average Bonchev–Trinajstić information content (AvgIpc) is 3.12. The molecule has 8 nitrogen and oxygen atoms in total. The molecule has 0 amide bonds. The van der Waals surface area contributed by atoms with Crippen LogP contribution in [-0.2, 0) is 9.84 Å². The zero-order valence-corrected chi connectivity index (χ0v) is 17.5. The van der Waals surface area contributed by atoms with Crippen molar-refractivity contribution in [3.8, 4) is 11.7 Å². The van der Waals surface area contributed by atoms with Crippen LogP contribution in [0.2, 0.25) is 0 Å². The molecule has 164 valence electrons. The second-order valence-corrected chi connectivity index (χ2v) is 10.3. The third kappa shape index (κ3) is 5.24. The van der Waals surface area contributed by atoms with Gasteiger partial charge in [-0.2, -0.15) is 15.1 Å². The number of aromatic nitrogens is 4. The third-order valence-corrected chi connectivity index (χ3v) is 7.20. The summed E-state index contributed by atoms with van der Waals surface area (Å²) in [6.07, 6.45) is 2.66. The van der Waals surface area contributed by atoms with Crippen molar-refractivity contribution in [2.75, 3.05) is 16.8 Å². The maximum atomic E-state index is 13.5. The van der Waals surface area contributed by atoms with Crippen molar-refractivity contribution in [3.05, 3.63) is 24.0 Å². The summed E-state index contributed by atoms with van der Waals surface area (Å²) in [5, 5.41) is 7.51. The Balaban J connectivity index is 1.54. The summed E-state index contributed by atoms with van der Waals surface area (Å²) in [6, 6.07) is 3.34. The van der Waals surface area contributed by atoms with E-state index in [0.717, 1.165) is 5.69 Å². The smallest absolute Gasteiger partial charge is 0.248 e. The highest BCUT2D eigenvalue weighted by Crippen LogP contribution is 2.34. The molecule has 0 radical (unpaired) electrons. The van der Waals surface area contributed by atoms with E-state index in [0.29, 0.717) is 37.4 Å². The topological polar surface area (TPSA) is 99.0 Å². The van der Waals surface area contributed by atoms with Gasteiger partial charge in [-0.05, 0) is 38.7 Å². The molecular weight excluding hydrogens is 416 g/mol. The second kappa shape index (κ2) is 8.09. The van der Waals surface area contributed by atoms with Gasteiger partial charge in [0.15, 0.2) is 15.7 Å². The molecule has 0 spiro atoms. The number of nitrogens with zero attached hydrogens (tertiary/aromatic N) is 4. The van der Waals surface area contributed by atoms with Crippen LogP contribution in [0.4, 0.5) is 14.7 Å². The van der Waals surface area contributed by atoms with E-state index >= 15 is 0 Å². The van der Waals surface area contributed by atoms with Crippen LogP contribution in [0.15, 0.2) is 18.3 Å². The lowest BCUT2D eigenvalue weighted by Crippen LogP contribution is -2.33. The molecule has 4 rings (SSSR count). The minimum absolute atomic E-state index is 0.0926. The number of alkyl halides is 2. The largest absolute Gasteiger partial charge is 0.474 e. The van der Waals surface area contributed by atoms with Crippen molar-refractivity contribution in [1.29, 1.82) is 0 Å². The number of hydrogen-bond acceptors (Lipinski definition) is 7. The zero-order valence-electron chi connectivity index (χ0n) is 16.7. The lowest BCUT2D eigenvalue weighted by Gasteiger charge is -2.29. The molecule has 2 aromatic heterocycles. The number of hydrogen-bond donors (Lipinski definition) is 1. The predicted octanol–water partition coefficient (Wildman–Crippen LogP) is 2.92. The maximum Gasteiger partial charge on any atom is 0.248 e. The number of halogens is 2. The summed E-state index contributed by atoms with van der Waals surface area (Å²) in [7, 11) is -2.99. The number of anilines is 1. The van der Waals surface area contributed by atoms with Crippen molar-refractivity contribution in [2.24, 2.45) is 0 Å². The number of rotatable bonds is 5. The summed E-state index contributed by atoms with van der Waals surface area (Å²) in [6.45, 7) is 1.86. The number of aryl methyl sites for hydroxylation is 1. The highest BCUT2D eigenvalue weighted by atomic mass is 32.2. The Kier molecular flexibility index (Phi) is 5.65.